The molecular formula is C13H12AlClIN4O2-. The van der Waals surface area contributed by atoms with Crippen molar-refractivity contribution < 1.29 is 26.2 Å². The van der Waals surface area contributed by atoms with Gasteiger partial charge in [0.05, 0.1) is 0 Å². The van der Waals surface area contributed by atoms with Gasteiger partial charge in [-0.3, -0.25) is 0 Å². The van der Waals surface area contributed by atoms with Gasteiger partial charge in [0.25, 0.3) is 0 Å². The normalized spacial score (nSPS) is 18.0. The summed E-state index contributed by atoms with van der Waals surface area (Å²) < 4.78 is 11.5. The van der Waals surface area contributed by atoms with Gasteiger partial charge < -0.3 is 0 Å². The summed E-state index contributed by atoms with van der Waals surface area (Å²) in [6, 6.07) is 1.90. The number of benzene rings is 1. The first-order chi connectivity index (χ1) is 10.7. The molecule has 22 heavy (non-hydrogen) atoms. The van der Waals surface area contributed by atoms with Crippen molar-refractivity contribution in [1.82, 2.24) is 14.9 Å². The molecule has 6 nitrogen and oxygen atoms in total. The first-order valence-electron chi connectivity index (χ1n) is 6.90. The zero-order chi connectivity index (χ0) is 15.3. The summed E-state index contributed by atoms with van der Waals surface area (Å²) in [5, 5.41) is 4.89. The molecule has 1 fully saturated rings. The van der Waals surface area contributed by atoms with Crippen molar-refractivity contribution in [3.05, 3.63) is 21.6 Å². The second-order valence-corrected chi connectivity index (χ2v) is 8.65. The molecule has 1 aromatic heterocycles. The molecule has 0 bridgehead atoms. The summed E-state index contributed by atoms with van der Waals surface area (Å²) in [4.78, 5) is 16.8. The Balaban J connectivity index is 2.05. The van der Waals surface area contributed by atoms with E-state index in [1.54, 1.807) is 4.57 Å². The number of nitrogens with zero attached hydrogens (tertiary/aromatic N) is 3. The summed E-state index contributed by atoms with van der Waals surface area (Å²) in [6.07, 6.45) is 0. The Morgan fingerprint density at radius 2 is 2.32 bits per heavy atom. The van der Waals surface area contributed by atoms with E-state index in [2.05, 4.69) is 29.7 Å². The number of rotatable bonds is 1. The quantitative estimate of drug-likeness (QED) is 0.163. The number of hydrogen-bond donors (Lipinski definition) is 1. The molecular weight excluding hydrogens is 434 g/mol. The monoisotopic (exact) mass is 445 g/mol. The van der Waals surface area contributed by atoms with E-state index in [0.29, 0.717) is 23.9 Å². The molecule has 0 atom stereocenters. The first kappa shape index (κ1) is 15.0. The number of anilines is 1. The molecule has 3 heterocycles. The average Bonchev–Trinajstić information content (AvgIpc) is 2.56. The summed E-state index contributed by atoms with van der Waals surface area (Å²) in [5.41, 5.74) is 0.611. The molecule has 1 aromatic carbocycles. The third kappa shape index (κ3) is 2.32. The third-order valence-corrected chi connectivity index (χ3v) is 7.47. The van der Waals surface area contributed by atoms with E-state index in [0.717, 1.165) is 38.8 Å². The van der Waals surface area contributed by atoms with Gasteiger partial charge in [0.15, 0.2) is 0 Å². The van der Waals surface area contributed by atoms with E-state index in [1.807, 2.05) is 6.07 Å². The van der Waals surface area contributed by atoms with Gasteiger partial charge in [0, 0.05) is 0 Å². The molecule has 0 saturated carbocycles. The van der Waals surface area contributed by atoms with Crippen LogP contribution in [0, 0.1) is 0 Å². The summed E-state index contributed by atoms with van der Waals surface area (Å²) in [5.74, 6) is 1.44. The van der Waals surface area contributed by atoms with E-state index in [1.165, 1.54) is 0 Å². The number of halogens is 2. The number of ether oxygens (including phenoxy) is 1. The molecule has 2 aliphatic rings. The maximum absolute atomic E-state index is 12.4. The number of alkyl halides is 1. The molecule has 4 rings (SSSR count). The Morgan fingerprint density at radius 1 is 1.45 bits per heavy atom. The van der Waals surface area contributed by atoms with E-state index in [-0.39, 0.29) is 27.2 Å². The van der Waals surface area contributed by atoms with Crippen LogP contribution >= 0.6 is 11.6 Å². The van der Waals surface area contributed by atoms with Gasteiger partial charge >= 0.3 is 151 Å². The number of aromatic nitrogens is 2. The summed E-state index contributed by atoms with van der Waals surface area (Å²) in [6.45, 7) is 2.77. The fraction of sp³-hybridized carbons (Fsp3) is 0.385. The van der Waals surface area contributed by atoms with Crippen LogP contribution in [0.15, 0.2) is 10.9 Å². The molecule has 0 aliphatic carbocycles. The van der Waals surface area contributed by atoms with Crippen molar-refractivity contribution in [2.24, 2.45) is 0 Å². The van der Waals surface area contributed by atoms with Crippen LogP contribution < -0.4 is 44.8 Å². The van der Waals surface area contributed by atoms with Crippen LogP contribution in [0.5, 0.6) is 5.75 Å². The van der Waals surface area contributed by atoms with Crippen molar-refractivity contribution in [1.29, 1.82) is 0 Å². The van der Waals surface area contributed by atoms with Crippen LogP contribution in [-0.4, -0.2) is 50.1 Å². The fourth-order valence-corrected chi connectivity index (χ4v) is 5.54. The summed E-state index contributed by atoms with van der Waals surface area (Å²) >= 11 is 8.75. The van der Waals surface area contributed by atoms with Gasteiger partial charge in [-0.1, -0.05) is 0 Å². The minimum absolute atomic E-state index is 0.207. The molecule has 0 unspecified atom stereocenters. The molecule has 1 N–H and O–H groups in total. The second kappa shape index (κ2) is 5.84. The molecule has 1 saturated heterocycles. The van der Waals surface area contributed by atoms with Crippen molar-refractivity contribution in [2.75, 3.05) is 27.4 Å². The van der Waals surface area contributed by atoms with Crippen LogP contribution in [0.25, 0.3) is 10.9 Å². The van der Waals surface area contributed by atoms with Gasteiger partial charge in [-0.05, 0) is 0 Å². The van der Waals surface area contributed by atoms with E-state index in [4.69, 9.17) is 16.3 Å². The van der Waals surface area contributed by atoms with Crippen molar-refractivity contribution >= 4 is 49.0 Å². The van der Waals surface area contributed by atoms with Gasteiger partial charge in [-0.15, -0.1) is 0 Å². The number of hydrogen-bond acceptors (Lipinski definition) is 5. The number of nitrogens with one attached hydrogen (secondary N) is 1. The van der Waals surface area contributed by atoms with Crippen LogP contribution in [-0.2, 0) is 6.54 Å². The van der Waals surface area contributed by atoms with Gasteiger partial charge in [0.2, 0.25) is 0 Å². The Bertz CT molecular complexity index is 822. The predicted molar refractivity (Wildman–Crippen MR) is 82.1 cm³/mol. The van der Waals surface area contributed by atoms with Crippen molar-refractivity contribution in [2.45, 2.75) is 6.54 Å². The molecule has 2 aromatic rings. The Labute approximate surface area is 150 Å². The molecule has 114 valence electrons. The Kier molecular flexibility index (Phi) is 3.99. The van der Waals surface area contributed by atoms with Crippen LogP contribution in [0.2, 0.25) is 5.02 Å². The molecule has 2 radical (unpaired) electrons. The van der Waals surface area contributed by atoms with Gasteiger partial charge in [-0.2, -0.15) is 0 Å². The second-order valence-electron chi connectivity index (χ2n) is 5.05. The standard InChI is InChI=1S/C13H12ClIN4O2.Al/c14-8-5-9-11-10(6-8)21-4-3-18(11)13(20)17-12(9)19-2-1-16-7-15-19;/h5,16H,1-4,7H2;/q-1;. The summed E-state index contributed by atoms with van der Waals surface area (Å²) in [7, 11) is 0. The Morgan fingerprint density at radius 3 is 3.09 bits per heavy atom. The maximum atomic E-state index is 12.4. The fourth-order valence-electron chi connectivity index (χ4n) is 2.73. The Hall–Kier alpha value is -0.528. The SMILES string of the molecule is O=c1nc(N2CCNC[I-]2)c2cc(Cl)[c]([Al])c3c2n1CCO3. The van der Waals surface area contributed by atoms with Crippen LogP contribution in [0.1, 0.15) is 0 Å². The third-order valence-electron chi connectivity index (χ3n) is 3.76. The minimum atomic E-state index is -0.219. The van der Waals surface area contributed by atoms with Crippen LogP contribution in [0.4, 0.5) is 5.82 Å². The van der Waals surface area contributed by atoms with Crippen molar-refractivity contribution in [3.8, 4) is 5.75 Å². The molecule has 9 heteroatoms. The zero-order valence-corrected chi connectivity index (χ0v) is 15.7. The predicted octanol–water partition coefficient (Wildman–Crippen LogP) is -3.39. The molecule has 2 aliphatic heterocycles. The van der Waals surface area contributed by atoms with Gasteiger partial charge in [0.1, 0.15) is 0 Å². The van der Waals surface area contributed by atoms with E-state index < -0.39 is 0 Å². The van der Waals surface area contributed by atoms with E-state index >= 15 is 0 Å². The van der Waals surface area contributed by atoms with E-state index in [9.17, 15) is 4.79 Å². The van der Waals surface area contributed by atoms with Crippen LogP contribution in [0.3, 0.4) is 0 Å². The molecule has 0 amide bonds. The van der Waals surface area contributed by atoms with Gasteiger partial charge in [-0.25, -0.2) is 0 Å². The first-order valence-corrected chi connectivity index (χ1v) is 10.3. The average molecular weight is 446 g/mol. The zero-order valence-electron chi connectivity index (χ0n) is 11.6. The van der Waals surface area contributed by atoms with Crippen molar-refractivity contribution in [3.63, 3.8) is 0 Å². The molecule has 0 spiro atoms. The topological polar surface area (TPSA) is 59.4 Å².